The minimum atomic E-state index is -0.647. The number of hydrogen-bond acceptors (Lipinski definition) is 4. The summed E-state index contributed by atoms with van der Waals surface area (Å²) in [5.41, 5.74) is 1.89. The predicted molar refractivity (Wildman–Crippen MR) is 133 cm³/mol. The van der Waals surface area contributed by atoms with Crippen molar-refractivity contribution in [3.8, 4) is 10.6 Å². The Bertz CT molecular complexity index is 1310. The van der Waals surface area contributed by atoms with Crippen LogP contribution >= 0.6 is 11.3 Å². The average molecular weight is 458 g/mol. The zero-order valence-corrected chi connectivity index (χ0v) is 19.5. The van der Waals surface area contributed by atoms with E-state index in [0.717, 1.165) is 48.3 Å². The second-order valence-corrected chi connectivity index (χ2v) is 9.70. The molecule has 0 aliphatic carbocycles. The van der Waals surface area contributed by atoms with Gasteiger partial charge < -0.3 is 4.90 Å². The first-order chi connectivity index (χ1) is 16.1. The van der Waals surface area contributed by atoms with E-state index >= 15 is 0 Å². The Morgan fingerprint density at radius 3 is 2.39 bits per heavy atom. The predicted octanol–water partition coefficient (Wildman–Crippen LogP) is 5.17. The number of thiophene rings is 1. The van der Waals surface area contributed by atoms with Crippen LogP contribution in [0, 0.1) is 5.92 Å². The molecule has 0 bridgehead atoms. The number of benzene rings is 2. The first-order valence-electron chi connectivity index (χ1n) is 11.5. The van der Waals surface area contributed by atoms with Gasteiger partial charge in [0.1, 0.15) is 11.7 Å². The molecule has 2 aromatic heterocycles. The van der Waals surface area contributed by atoms with Gasteiger partial charge in [0.2, 0.25) is 5.91 Å². The average Bonchev–Trinajstić information content (AvgIpc) is 3.40. The van der Waals surface area contributed by atoms with Gasteiger partial charge in [-0.15, -0.1) is 11.3 Å². The second kappa shape index (κ2) is 9.32. The van der Waals surface area contributed by atoms with Crippen molar-refractivity contribution in [3.05, 3.63) is 88.0 Å². The Balaban J connectivity index is 1.37. The van der Waals surface area contributed by atoms with Gasteiger partial charge in [0.05, 0.1) is 10.3 Å². The quantitative estimate of drug-likeness (QED) is 0.416. The van der Waals surface area contributed by atoms with Crippen LogP contribution in [0.15, 0.2) is 76.9 Å². The zero-order chi connectivity index (χ0) is 22.8. The van der Waals surface area contributed by atoms with E-state index in [9.17, 15) is 9.59 Å². The second-order valence-electron chi connectivity index (χ2n) is 8.76. The van der Waals surface area contributed by atoms with Crippen LogP contribution in [0.25, 0.3) is 21.3 Å². The van der Waals surface area contributed by atoms with Gasteiger partial charge in [-0.25, -0.2) is 4.68 Å². The Morgan fingerprint density at radius 2 is 1.70 bits per heavy atom. The molecule has 1 fully saturated rings. The molecule has 0 saturated carbocycles. The summed E-state index contributed by atoms with van der Waals surface area (Å²) in [6.07, 6.45) is 3.01. The monoisotopic (exact) mass is 457 g/mol. The molecule has 1 amide bonds. The zero-order valence-electron chi connectivity index (χ0n) is 18.7. The number of aromatic nitrogens is 2. The molecule has 3 heterocycles. The van der Waals surface area contributed by atoms with Gasteiger partial charge in [0.25, 0.3) is 5.56 Å². The van der Waals surface area contributed by atoms with Gasteiger partial charge in [-0.05, 0) is 55.2 Å². The SMILES string of the molecule is CC(C(=O)N1CCC(Cc2ccccc2)CC1)n1nc(-c2cccs2)c2ccccc2c1=O. The number of fused-ring (bicyclic) bond motifs is 1. The summed E-state index contributed by atoms with van der Waals surface area (Å²) in [6.45, 7) is 3.24. The van der Waals surface area contributed by atoms with Crippen LogP contribution in [0.1, 0.15) is 31.4 Å². The van der Waals surface area contributed by atoms with E-state index in [1.807, 2.05) is 52.7 Å². The fourth-order valence-electron chi connectivity index (χ4n) is 4.74. The normalized spacial score (nSPS) is 15.6. The van der Waals surface area contributed by atoms with Gasteiger partial charge in [-0.3, -0.25) is 9.59 Å². The van der Waals surface area contributed by atoms with Gasteiger partial charge in [-0.2, -0.15) is 5.10 Å². The molecular weight excluding hydrogens is 430 g/mol. The minimum absolute atomic E-state index is 0.0322. The van der Waals surface area contributed by atoms with Gasteiger partial charge in [0.15, 0.2) is 0 Å². The fraction of sp³-hybridized carbons (Fsp3) is 0.296. The summed E-state index contributed by atoms with van der Waals surface area (Å²) in [6, 6.07) is 21.4. The summed E-state index contributed by atoms with van der Waals surface area (Å²) in [7, 11) is 0. The lowest BCUT2D eigenvalue weighted by atomic mass is 9.90. The molecular formula is C27H27N3O2S. The molecule has 0 radical (unpaired) electrons. The van der Waals surface area contributed by atoms with Crippen LogP contribution in [-0.2, 0) is 11.2 Å². The largest absolute Gasteiger partial charge is 0.341 e. The number of piperidine rings is 1. The van der Waals surface area contributed by atoms with Crippen molar-refractivity contribution < 1.29 is 4.79 Å². The standard InChI is InChI=1S/C27H27N3O2S/c1-19(26(31)29-15-13-21(14-16-29)18-20-8-3-2-4-9-20)30-27(32)23-11-6-5-10-22(23)25(28-30)24-12-7-17-33-24/h2-12,17,19,21H,13-16,18H2,1H3. The highest BCUT2D eigenvalue weighted by molar-refractivity contribution is 7.13. The summed E-state index contributed by atoms with van der Waals surface area (Å²) in [5, 5.41) is 8.11. The van der Waals surface area contributed by atoms with Crippen molar-refractivity contribution in [3.63, 3.8) is 0 Å². The molecule has 1 atom stereocenters. The minimum Gasteiger partial charge on any atom is -0.341 e. The number of rotatable bonds is 5. The molecule has 1 unspecified atom stereocenters. The number of hydrogen-bond donors (Lipinski definition) is 0. The maximum Gasteiger partial charge on any atom is 0.275 e. The molecule has 5 nitrogen and oxygen atoms in total. The van der Waals surface area contributed by atoms with Crippen molar-refractivity contribution in [2.45, 2.75) is 32.2 Å². The molecule has 168 valence electrons. The third kappa shape index (κ3) is 4.35. The topological polar surface area (TPSA) is 55.2 Å². The fourth-order valence-corrected chi connectivity index (χ4v) is 5.46. The summed E-state index contributed by atoms with van der Waals surface area (Å²) < 4.78 is 1.38. The highest BCUT2D eigenvalue weighted by atomic mass is 32.1. The van der Waals surface area contributed by atoms with Crippen molar-refractivity contribution in [2.24, 2.45) is 5.92 Å². The molecule has 6 heteroatoms. The van der Waals surface area contributed by atoms with Crippen molar-refractivity contribution >= 4 is 28.0 Å². The smallest absolute Gasteiger partial charge is 0.275 e. The molecule has 5 rings (SSSR count). The molecule has 1 aliphatic heterocycles. The van der Waals surface area contributed by atoms with E-state index in [2.05, 4.69) is 24.3 Å². The van der Waals surface area contributed by atoms with Crippen LogP contribution < -0.4 is 5.56 Å². The lowest BCUT2D eigenvalue weighted by molar-refractivity contribution is -0.136. The van der Waals surface area contributed by atoms with Crippen LogP contribution in [0.4, 0.5) is 0 Å². The Hall–Kier alpha value is -3.25. The molecule has 0 spiro atoms. The molecule has 1 aliphatic rings. The maximum atomic E-state index is 13.4. The summed E-state index contributed by atoms with van der Waals surface area (Å²) >= 11 is 1.58. The number of nitrogens with zero attached hydrogens (tertiary/aromatic N) is 3. The molecule has 2 aromatic carbocycles. The highest BCUT2D eigenvalue weighted by Gasteiger charge is 2.29. The molecule has 4 aromatic rings. The van der Waals surface area contributed by atoms with E-state index < -0.39 is 6.04 Å². The number of carbonyl (C=O) groups excluding carboxylic acids is 1. The molecule has 0 N–H and O–H groups in total. The molecule has 1 saturated heterocycles. The van der Waals surface area contributed by atoms with E-state index in [4.69, 9.17) is 5.10 Å². The van der Waals surface area contributed by atoms with Crippen LogP contribution in [0.3, 0.4) is 0 Å². The number of carbonyl (C=O) groups is 1. The summed E-state index contributed by atoms with van der Waals surface area (Å²) in [5.74, 6) is 0.550. The molecule has 33 heavy (non-hydrogen) atoms. The number of amides is 1. The maximum absolute atomic E-state index is 13.4. The van der Waals surface area contributed by atoms with Crippen molar-refractivity contribution in [1.82, 2.24) is 14.7 Å². The third-order valence-electron chi connectivity index (χ3n) is 6.60. The summed E-state index contributed by atoms with van der Waals surface area (Å²) in [4.78, 5) is 29.5. The van der Waals surface area contributed by atoms with E-state index in [1.165, 1.54) is 10.2 Å². The van der Waals surface area contributed by atoms with Crippen molar-refractivity contribution in [2.75, 3.05) is 13.1 Å². The Morgan fingerprint density at radius 1 is 1.00 bits per heavy atom. The van der Waals surface area contributed by atoms with Crippen LogP contribution in [0.2, 0.25) is 0 Å². The van der Waals surface area contributed by atoms with E-state index in [0.29, 0.717) is 11.3 Å². The van der Waals surface area contributed by atoms with Crippen molar-refractivity contribution in [1.29, 1.82) is 0 Å². The van der Waals surface area contributed by atoms with Crippen LogP contribution in [-0.4, -0.2) is 33.7 Å². The van der Waals surface area contributed by atoms with Gasteiger partial charge in [0, 0.05) is 18.5 Å². The lowest BCUT2D eigenvalue weighted by Crippen LogP contribution is -2.44. The van der Waals surface area contributed by atoms with Gasteiger partial charge >= 0.3 is 0 Å². The third-order valence-corrected chi connectivity index (χ3v) is 7.48. The highest BCUT2D eigenvalue weighted by Crippen LogP contribution is 2.29. The first kappa shape index (κ1) is 21.6. The van der Waals surface area contributed by atoms with E-state index in [1.54, 1.807) is 18.3 Å². The van der Waals surface area contributed by atoms with Gasteiger partial charge in [-0.1, -0.05) is 54.6 Å². The number of likely N-dealkylation sites (tertiary alicyclic amines) is 1. The van der Waals surface area contributed by atoms with E-state index in [-0.39, 0.29) is 11.5 Å². The Labute approximate surface area is 197 Å². The first-order valence-corrected chi connectivity index (χ1v) is 12.4. The van der Waals surface area contributed by atoms with Crippen LogP contribution in [0.5, 0.6) is 0 Å². The Kier molecular flexibility index (Phi) is 6.09. The lowest BCUT2D eigenvalue weighted by Gasteiger charge is -2.33.